The summed E-state index contributed by atoms with van der Waals surface area (Å²) in [5, 5.41) is 13.9. The average molecular weight is 573 g/mol. The zero-order valence-corrected chi connectivity index (χ0v) is 23.0. The first kappa shape index (κ1) is 29.4. The number of fused-ring (bicyclic) bond motifs is 1. The van der Waals surface area contributed by atoms with Crippen LogP contribution in [0.5, 0.6) is 23.0 Å². The van der Waals surface area contributed by atoms with E-state index in [1.54, 1.807) is 37.4 Å². The molecule has 5 rings (SSSR count). The Morgan fingerprint density at radius 1 is 0.857 bits per heavy atom. The molecular weight excluding hydrogens is 544 g/mol. The van der Waals surface area contributed by atoms with Crippen molar-refractivity contribution in [3.05, 3.63) is 118 Å². The number of carbonyl (C=O) groups excluding carboxylic acids is 2. The van der Waals surface area contributed by atoms with Gasteiger partial charge in [-0.3, -0.25) is 14.9 Å². The van der Waals surface area contributed by atoms with E-state index >= 15 is 0 Å². The summed E-state index contributed by atoms with van der Waals surface area (Å²) in [5.41, 5.74) is 1.77. The summed E-state index contributed by atoms with van der Waals surface area (Å²) in [7, 11) is 4.35. The van der Waals surface area contributed by atoms with Gasteiger partial charge in [-0.05, 0) is 42.5 Å². The fraction of sp³-hybridized carbons (Fsp3) is 0.161. The molecule has 216 valence electrons. The molecule has 4 aromatic rings. The summed E-state index contributed by atoms with van der Waals surface area (Å²) in [5.74, 6) is 1.22. The van der Waals surface area contributed by atoms with Crippen molar-refractivity contribution in [2.75, 3.05) is 26.6 Å². The van der Waals surface area contributed by atoms with Crippen molar-refractivity contribution >= 4 is 23.3 Å². The average Bonchev–Trinajstić information content (AvgIpc) is 3.03. The van der Waals surface area contributed by atoms with Gasteiger partial charge >= 0.3 is 11.7 Å². The maximum atomic E-state index is 12.0. The highest BCUT2D eigenvalue weighted by molar-refractivity contribution is 5.98. The molecule has 1 aliphatic rings. The number of benzene rings is 4. The minimum Gasteiger partial charge on any atom is -0.497 e. The lowest BCUT2D eigenvalue weighted by Crippen LogP contribution is -2.29. The highest BCUT2D eigenvalue weighted by atomic mass is 16.6. The lowest BCUT2D eigenvalue weighted by Gasteiger charge is -2.26. The van der Waals surface area contributed by atoms with Crippen molar-refractivity contribution in [1.82, 2.24) is 0 Å². The number of rotatable bonds is 8. The number of ether oxygens (including phenoxy) is 5. The van der Waals surface area contributed by atoms with Crippen LogP contribution < -0.4 is 24.3 Å². The first-order chi connectivity index (χ1) is 20.3. The minimum atomic E-state index is -1.12. The lowest BCUT2D eigenvalue weighted by molar-refractivity contribution is -0.386. The predicted molar refractivity (Wildman–Crippen MR) is 153 cm³/mol. The van der Waals surface area contributed by atoms with Crippen LogP contribution >= 0.6 is 0 Å². The Morgan fingerprint density at radius 2 is 1.45 bits per heavy atom. The van der Waals surface area contributed by atoms with E-state index in [0.717, 1.165) is 11.3 Å². The number of para-hydroxylation sites is 4. The summed E-state index contributed by atoms with van der Waals surface area (Å²) in [6, 6.07) is 27.1. The zero-order chi connectivity index (χ0) is 30.1. The van der Waals surface area contributed by atoms with Crippen LogP contribution in [0.4, 0.5) is 11.4 Å². The van der Waals surface area contributed by atoms with E-state index in [2.05, 4.69) is 5.32 Å². The molecule has 42 heavy (non-hydrogen) atoms. The Hall–Kier alpha value is -5.58. The largest absolute Gasteiger partial charge is 0.497 e. The van der Waals surface area contributed by atoms with E-state index in [1.807, 2.05) is 48.5 Å². The van der Waals surface area contributed by atoms with Gasteiger partial charge in [-0.1, -0.05) is 48.5 Å². The number of nitrogens with zero attached hydrogens (tertiary/aromatic N) is 1. The molecule has 0 bridgehead atoms. The van der Waals surface area contributed by atoms with Crippen LogP contribution in [0.2, 0.25) is 0 Å². The van der Waals surface area contributed by atoms with Gasteiger partial charge < -0.3 is 29.0 Å². The first-order valence-corrected chi connectivity index (χ1v) is 12.7. The fourth-order valence-electron chi connectivity index (χ4n) is 4.02. The molecule has 0 aromatic heterocycles. The zero-order valence-electron chi connectivity index (χ0n) is 23.0. The second-order valence-corrected chi connectivity index (χ2v) is 8.78. The molecule has 0 saturated carbocycles. The standard InChI is InChI=1S/C16H15NO6.C15H13NO3/c1-21-12-9-7-11(8-10-12)15(16(18)22-2)23-14-6-4-3-5-13(14)17(19)20;1-18-11-8-6-10(7-9-11)14-15(17)16-12-4-2-3-5-13(12)19-14/h3-10,15H,1-2H3;2-9,14H,1H3,(H,16,17). The predicted octanol–water partition coefficient (Wildman–Crippen LogP) is 5.66. The van der Waals surface area contributed by atoms with Crippen molar-refractivity contribution in [1.29, 1.82) is 0 Å². The minimum absolute atomic E-state index is 0.0104. The van der Waals surface area contributed by atoms with Crippen LogP contribution in [-0.4, -0.2) is 38.1 Å². The maximum absolute atomic E-state index is 12.0. The van der Waals surface area contributed by atoms with Gasteiger partial charge in [0.1, 0.15) is 17.2 Å². The molecule has 11 heteroatoms. The van der Waals surface area contributed by atoms with Crippen molar-refractivity contribution in [3.8, 4) is 23.0 Å². The van der Waals surface area contributed by atoms with Gasteiger partial charge in [0.05, 0.1) is 31.9 Å². The molecule has 0 radical (unpaired) electrons. The number of hydrogen-bond acceptors (Lipinski definition) is 9. The van der Waals surface area contributed by atoms with E-state index in [4.69, 9.17) is 23.7 Å². The molecule has 0 fully saturated rings. The van der Waals surface area contributed by atoms with Crippen LogP contribution in [0.15, 0.2) is 97.1 Å². The molecule has 0 aliphatic carbocycles. The second-order valence-electron chi connectivity index (χ2n) is 8.78. The highest BCUT2D eigenvalue weighted by Gasteiger charge is 2.29. The van der Waals surface area contributed by atoms with Gasteiger partial charge in [0, 0.05) is 17.2 Å². The second kappa shape index (κ2) is 13.7. The van der Waals surface area contributed by atoms with Gasteiger partial charge in [0.25, 0.3) is 5.91 Å². The van der Waals surface area contributed by atoms with Crippen LogP contribution in [0.3, 0.4) is 0 Å². The molecule has 0 saturated heterocycles. The smallest absolute Gasteiger partial charge is 0.351 e. The third kappa shape index (κ3) is 6.94. The monoisotopic (exact) mass is 572 g/mol. The molecule has 1 heterocycles. The molecule has 1 aliphatic heterocycles. The summed E-state index contributed by atoms with van der Waals surface area (Å²) in [4.78, 5) is 34.5. The maximum Gasteiger partial charge on any atom is 0.351 e. The van der Waals surface area contributed by atoms with Gasteiger partial charge in [-0.25, -0.2) is 4.79 Å². The normalized spacial score (nSPS) is 14.0. The number of nitro groups is 1. The number of anilines is 1. The number of esters is 1. The Bertz CT molecular complexity index is 1540. The van der Waals surface area contributed by atoms with E-state index in [1.165, 1.54) is 32.4 Å². The van der Waals surface area contributed by atoms with Crippen LogP contribution in [0.25, 0.3) is 0 Å². The third-order valence-electron chi connectivity index (χ3n) is 6.19. The number of hydrogen-bond donors (Lipinski definition) is 1. The molecule has 2 atom stereocenters. The Balaban J connectivity index is 0.000000196. The Labute approximate surface area is 241 Å². The van der Waals surface area contributed by atoms with Crippen molar-refractivity contribution in [2.24, 2.45) is 0 Å². The van der Waals surface area contributed by atoms with Crippen LogP contribution in [-0.2, 0) is 14.3 Å². The van der Waals surface area contributed by atoms with Crippen molar-refractivity contribution < 1.29 is 38.2 Å². The number of nitrogens with one attached hydrogen (secondary N) is 1. The number of methoxy groups -OCH3 is 3. The van der Waals surface area contributed by atoms with E-state index in [9.17, 15) is 19.7 Å². The first-order valence-electron chi connectivity index (χ1n) is 12.7. The summed E-state index contributed by atoms with van der Waals surface area (Å²) >= 11 is 0. The Kier molecular flexibility index (Phi) is 9.57. The van der Waals surface area contributed by atoms with E-state index < -0.39 is 23.1 Å². The quantitative estimate of drug-likeness (QED) is 0.161. The molecular formula is C31H28N2O9. The summed E-state index contributed by atoms with van der Waals surface area (Å²) < 4.78 is 26.2. The lowest BCUT2D eigenvalue weighted by atomic mass is 10.1. The third-order valence-corrected chi connectivity index (χ3v) is 6.19. The molecule has 0 spiro atoms. The molecule has 1 N–H and O–H groups in total. The SMILES string of the molecule is COC(=O)C(Oc1ccccc1[N+](=O)[O-])c1ccc(OC)cc1.COc1ccc(C2Oc3ccccc3NC2=O)cc1. The fourth-order valence-corrected chi connectivity index (χ4v) is 4.02. The summed E-state index contributed by atoms with van der Waals surface area (Å²) in [6.07, 6.45) is -1.74. The topological polar surface area (TPSA) is 135 Å². The van der Waals surface area contributed by atoms with E-state index in [0.29, 0.717) is 22.7 Å². The van der Waals surface area contributed by atoms with Gasteiger partial charge in [0.2, 0.25) is 12.2 Å². The van der Waals surface area contributed by atoms with Gasteiger partial charge in [-0.2, -0.15) is 0 Å². The van der Waals surface area contributed by atoms with Crippen LogP contribution in [0.1, 0.15) is 23.3 Å². The molecule has 2 unspecified atom stereocenters. The summed E-state index contributed by atoms with van der Waals surface area (Å²) in [6.45, 7) is 0. The Morgan fingerprint density at radius 3 is 2.07 bits per heavy atom. The van der Waals surface area contributed by atoms with Gasteiger partial charge in [-0.15, -0.1) is 0 Å². The number of carbonyl (C=O) groups is 2. The van der Waals surface area contributed by atoms with E-state index in [-0.39, 0.29) is 17.3 Å². The highest BCUT2D eigenvalue weighted by Crippen LogP contribution is 2.35. The number of amides is 1. The van der Waals surface area contributed by atoms with Gasteiger partial charge in [0.15, 0.2) is 5.75 Å². The van der Waals surface area contributed by atoms with Crippen LogP contribution in [0, 0.1) is 10.1 Å². The van der Waals surface area contributed by atoms with Crippen molar-refractivity contribution in [3.63, 3.8) is 0 Å². The van der Waals surface area contributed by atoms with Crippen molar-refractivity contribution in [2.45, 2.75) is 12.2 Å². The molecule has 11 nitrogen and oxygen atoms in total. The molecule has 4 aromatic carbocycles. The number of nitro benzene ring substituents is 1. The molecule has 1 amide bonds.